The molecule has 3 heteroatoms. The zero-order chi connectivity index (χ0) is 5.70. The van der Waals surface area contributed by atoms with Gasteiger partial charge < -0.3 is 9.74 Å². The van der Waals surface area contributed by atoms with E-state index in [4.69, 9.17) is 0 Å². The molecule has 0 radical (unpaired) electrons. The molecule has 1 aliphatic heterocycles. The summed E-state index contributed by atoms with van der Waals surface area (Å²) < 4.78 is 4.39. The summed E-state index contributed by atoms with van der Waals surface area (Å²) in [6.45, 7) is 3.40. The van der Waals surface area contributed by atoms with Gasteiger partial charge >= 0.3 is 0 Å². The lowest BCUT2D eigenvalue weighted by Crippen LogP contribution is -1.72. The number of hydrogen-bond donors (Lipinski definition) is 1. The predicted octanol–water partition coefficient (Wildman–Crippen LogP) is -1.11. The van der Waals surface area contributed by atoms with Crippen molar-refractivity contribution in [2.45, 2.75) is 13.0 Å². The molecule has 0 aromatic carbocycles. The van der Waals surface area contributed by atoms with Crippen molar-refractivity contribution in [1.29, 1.82) is 0 Å². The second-order valence-electron chi connectivity index (χ2n) is 1.72. The van der Waals surface area contributed by atoms with Crippen molar-refractivity contribution in [3.8, 4) is 0 Å². The highest BCUT2D eigenvalue weighted by molar-refractivity contribution is 5.97. The molecule has 0 spiro atoms. The Kier molecular flexibility index (Phi) is 4.38. The molecule has 0 bridgehead atoms. The first-order valence-corrected chi connectivity index (χ1v) is 3.26. The average molecular weight is 119 g/mol. The van der Waals surface area contributed by atoms with Crippen LogP contribution in [0.25, 0.3) is 0 Å². The van der Waals surface area contributed by atoms with Crippen molar-refractivity contribution in [2.75, 3.05) is 13.7 Å². The van der Waals surface area contributed by atoms with Crippen LogP contribution in [0.15, 0.2) is 0 Å². The first-order valence-electron chi connectivity index (χ1n) is 2.44. The normalized spacial score (nSPS) is 25.7. The smallest absolute Gasteiger partial charge is 0.145 e. The Hall–Kier alpha value is 0.137. The lowest BCUT2D eigenvalue weighted by Gasteiger charge is -1.61. The maximum atomic E-state index is 4.39. The maximum absolute atomic E-state index is 4.39. The fraction of sp³-hybridized carbons (Fsp3) is 1.00. The second-order valence-corrected chi connectivity index (χ2v) is 2.53. The van der Waals surface area contributed by atoms with Crippen LogP contribution >= 0.6 is 0 Å². The van der Waals surface area contributed by atoms with E-state index < -0.39 is 0 Å². The SMILES string of the molecule is CC1CN1.CO[SiH3]. The Morgan fingerprint density at radius 3 is 2.00 bits per heavy atom. The van der Waals surface area contributed by atoms with Crippen molar-refractivity contribution < 1.29 is 4.43 Å². The Labute approximate surface area is 47.8 Å². The maximum Gasteiger partial charge on any atom is 0.145 e. The minimum Gasteiger partial charge on any atom is -0.431 e. The average Bonchev–Trinajstić information content (AvgIpc) is 2.25. The first kappa shape index (κ1) is 7.14. The largest absolute Gasteiger partial charge is 0.431 e. The van der Waals surface area contributed by atoms with Gasteiger partial charge in [0, 0.05) is 19.7 Å². The van der Waals surface area contributed by atoms with Gasteiger partial charge in [-0.15, -0.1) is 0 Å². The summed E-state index contributed by atoms with van der Waals surface area (Å²) in [6.07, 6.45) is 0. The van der Waals surface area contributed by atoms with Crippen LogP contribution in [-0.4, -0.2) is 30.2 Å². The topological polar surface area (TPSA) is 31.2 Å². The summed E-state index contributed by atoms with van der Waals surface area (Å²) in [4.78, 5) is 0. The lowest BCUT2D eigenvalue weighted by molar-refractivity contribution is 0.460. The fourth-order valence-electron chi connectivity index (χ4n) is 0.118. The summed E-state index contributed by atoms with van der Waals surface area (Å²) in [5.41, 5.74) is 0. The summed E-state index contributed by atoms with van der Waals surface area (Å²) >= 11 is 0. The van der Waals surface area contributed by atoms with Gasteiger partial charge in [-0.1, -0.05) is 0 Å². The lowest BCUT2D eigenvalue weighted by atomic mass is 10.6. The minimum atomic E-state index is 0.833. The van der Waals surface area contributed by atoms with E-state index in [1.807, 2.05) is 0 Å². The molecule has 0 aromatic heterocycles. The third-order valence-corrected chi connectivity index (χ3v) is 0.612. The molecular weight excluding hydrogens is 106 g/mol. The molecule has 1 unspecified atom stereocenters. The number of nitrogens with one attached hydrogen (secondary N) is 1. The van der Waals surface area contributed by atoms with Gasteiger partial charge in [0.2, 0.25) is 0 Å². The van der Waals surface area contributed by atoms with Crippen molar-refractivity contribution in [3.05, 3.63) is 0 Å². The van der Waals surface area contributed by atoms with Gasteiger partial charge in [0.25, 0.3) is 0 Å². The van der Waals surface area contributed by atoms with Crippen molar-refractivity contribution >= 4 is 10.5 Å². The molecule has 0 aliphatic carbocycles. The van der Waals surface area contributed by atoms with E-state index in [1.165, 1.54) is 6.54 Å². The molecule has 7 heavy (non-hydrogen) atoms. The molecule has 1 saturated heterocycles. The van der Waals surface area contributed by atoms with E-state index in [9.17, 15) is 0 Å². The van der Waals surface area contributed by atoms with E-state index in [1.54, 1.807) is 7.11 Å². The van der Waals surface area contributed by atoms with Gasteiger partial charge in [-0.05, 0) is 6.92 Å². The highest BCUT2D eigenvalue weighted by Crippen LogP contribution is 1.88. The van der Waals surface area contributed by atoms with Crippen LogP contribution in [0.3, 0.4) is 0 Å². The van der Waals surface area contributed by atoms with Crippen LogP contribution < -0.4 is 5.32 Å². The van der Waals surface area contributed by atoms with Crippen LogP contribution in [0.2, 0.25) is 0 Å². The van der Waals surface area contributed by atoms with Crippen LogP contribution in [0.1, 0.15) is 6.92 Å². The summed E-state index contributed by atoms with van der Waals surface area (Å²) in [6, 6.07) is 0.833. The first-order chi connectivity index (χ1) is 3.31. The van der Waals surface area contributed by atoms with E-state index in [2.05, 4.69) is 16.7 Å². The minimum absolute atomic E-state index is 0.833. The molecule has 1 rings (SSSR count). The van der Waals surface area contributed by atoms with Gasteiger partial charge in [-0.2, -0.15) is 0 Å². The quantitative estimate of drug-likeness (QED) is 0.324. The zero-order valence-corrected chi connectivity index (χ0v) is 7.19. The molecule has 2 nitrogen and oxygen atoms in total. The predicted molar refractivity (Wildman–Crippen MR) is 34.4 cm³/mol. The molecule has 1 heterocycles. The number of hydrogen-bond acceptors (Lipinski definition) is 2. The summed E-state index contributed by atoms with van der Waals surface area (Å²) in [5.74, 6) is 0. The van der Waals surface area contributed by atoms with Crippen molar-refractivity contribution in [2.24, 2.45) is 0 Å². The Balaban J connectivity index is 0.000000110. The Bertz CT molecular complexity index is 38.7. The van der Waals surface area contributed by atoms with Gasteiger partial charge in [-0.3, -0.25) is 0 Å². The van der Waals surface area contributed by atoms with Crippen molar-refractivity contribution in [3.63, 3.8) is 0 Å². The molecular formula is C4H13NOSi. The van der Waals surface area contributed by atoms with Crippen LogP contribution in [0, 0.1) is 0 Å². The van der Waals surface area contributed by atoms with Crippen LogP contribution in [0.5, 0.6) is 0 Å². The molecule has 1 fully saturated rings. The van der Waals surface area contributed by atoms with Crippen LogP contribution in [-0.2, 0) is 4.43 Å². The standard InChI is InChI=1S/C3H7N.CH6OSi/c1-3-2-4-3;1-2-3/h3-4H,2H2,1H3;1,3H3. The van der Waals surface area contributed by atoms with Gasteiger partial charge in [0.05, 0.1) is 0 Å². The van der Waals surface area contributed by atoms with Crippen LogP contribution in [0.4, 0.5) is 0 Å². The zero-order valence-electron chi connectivity index (χ0n) is 5.19. The highest BCUT2D eigenvalue weighted by Gasteiger charge is 2.10. The third kappa shape index (κ3) is 10.7. The summed E-state index contributed by atoms with van der Waals surface area (Å²) in [5, 5.41) is 3.10. The highest BCUT2D eigenvalue weighted by atomic mass is 28.2. The Morgan fingerprint density at radius 2 is 2.00 bits per heavy atom. The van der Waals surface area contributed by atoms with Crippen molar-refractivity contribution in [1.82, 2.24) is 5.32 Å². The van der Waals surface area contributed by atoms with Gasteiger partial charge in [0.1, 0.15) is 10.5 Å². The number of rotatable bonds is 0. The van der Waals surface area contributed by atoms with E-state index in [0.29, 0.717) is 0 Å². The molecule has 1 atom stereocenters. The summed E-state index contributed by atoms with van der Waals surface area (Å²) in [7, 11) is 2.56. The van der Waals surface area contributed by atoms with E-state index in [-0.39, 0.29) is 0 Å². The molecule has 0 amide bonds. The molecule has 0 aromatic rings. The second kappa shape index (κ2) is 4.30. The molecule has 1 N–H and O–H groups in total. The van der Waals surface area contributed by atoms with Gasteiger partial charge in [0.15, 0.2) is 0 Å². The van der Waals surface area contributed by atoms with E-state index >= 15 is 0 Å². The van der Waals surface area contributed by atoms with E-state index in [0.717, 1.165) is 16.5 Å². The molecule has 44 valence electrons. The Morgan fingerprint density at radius 1 is 1.86 bits per heavy atom. The monoisotopic (exact) mass is 119 g/mol. The molecule has 1 aliphatic rings. The van der Waals surface area contributed by atoms with Gasteiger partial charge in [-0.25, -0.2) is 0 Å². The third-order valence-electron chi connectivity index (χ3n) is 0.612. The fourth-order valence-corrected chi connectivity index (χ4v) is 0.118. The molecule has 0 saturated carbocycles.